The summed E-state index contributed by atoms with van der Waals surface area (Å²) >= 11 is 0. The molecule has 0 aliphatic heterocycles. The zero-order chi connectivity index (χ0) is 12.7. The third kappa shape index (κ3) is 7.06. The van der Waals surface area contributed by atoms with Crippen molar-refractivity contribution < 1.29 is 18.3 Å². The molecule has 0 unspecified atom stereocenters. The van der Waals surface area contributed by atoms with Crippen molar-refractivity contribution in [2.45, 2.75) is 19.1 Å². The fourth-order valence-electron chi connectivity index (χ4n) is 1.27. The number of ether oxygens (including phenoxy) is 1. The Balaban J connectivity index is 2.18. The van der Waals surface area contributed by atoms with Crippen molar-refractivity contribution in [3.05, 3.63) is 35.9 Å². The summed E-state index contributed by atoms with van der Waals surface area (Å²) in [5.41, 5.74) is 1.01. The highest BCUT2D eigenvalue weighted by molar-refractivity contribution is 7.89. The number of hydrogen-bond acceptors (Lipinski definition) is 4. The monoisotopic (exact) mass is 259 g/mol. The fourth-order valence-corrected chi connectivity index (χ4v) is 1.87. The van der Waals surface area contributed by atoms with Crippen LogP contribution in [0.25, 0.3) is 0 Å². The van der Waals surface area contributed by atoms with Crippen LogP contribution in [0.3, 0.4) is 0 Å². The molecule has 0 bridgehead atoms. The van der Waals surface area contributed by atoms with Crippen molar-refractivity contribution in [2.24, 2.45) is 5.14 Å². The van der Waals surface area contributed by atoms with E-state index in [1.807, 2.05) is 30.3 Å². The molecule has 17 heavy (non-hydrogen) atoms. The first kappa shape index (κ1) is 14.1. The van der Waals surface area contributed by atoms with Gasteiger partial charge in [0.2, 0.25) is 10.0 Å². The van der Waals surface area contributed by atoms with Crippen molar-refractivity contribution >= 4 is 10.0 Å². The molecule has 1 aromatic carbocycles. The maximum absolute atomic E-state index is 10.7. The number of aliphatic hydroxyl groups excluding tert-OH is 1. The van der Waals surface area contributed by atoms with Gasteiger partial charge in [0.05, 0.1) is 25.1 Å². The zero-order valence-electron chi connectivity index (χ0n) is 9.45. The van der Waals surface area contributed by atoms with Crippen LogP contribution >= 0.6 is 0 Å². The summed E-state index contributed by atoms with van der Waals surface area (Å²) < 4.78 is 26.6. The van der Waals surface area contributed by atoms with Gasteiger partial charge >= 0.3 is 0 Å². The topological polar surface area (TPSA) is 89.6 Å². The maximum atomic E-state index is 10.7. The lowest BCUT2D eigenvalue weighted by molar-refractivity contribution is 0.0273. The number of nitrogens with two attached hydrogens (primary N) is 1. The van der Waals surface area contributed by atoms with E-state index in [1.165, 1.54) is 0 Å². The van der Waals surface area contributed by atoms with Crippen molar-refractivity contribution in [3.8, 4) is 0 Å². The Morgan fingerprint density at radius 1 is 1.29 bits per heavy atom. The lowest BCUT2D eigenvalue weighted by Crippen LogP contribution is -2.23. The van der Waals surface area contributed by atoms with E-state index in [9.17, 15) is 13.5 Å². The van der Waals surface area contributed by atoms with E-state index in [0.717, 1.165) is 5.56 Å². The number of benzene rings is 1. The van der Waals surface area contributed by atoms with Gasteiger partial charge in [-0.3, -0.25) is 0 Å². The van der Waals surface area contributed by atoms with Gasteiger partial charge in [0.25, 0.3) is 0 Å². The van der Waals surface area contributed by atoms with Crippen LogP contribution in [-0.2, 0) is 21.4 Å². The van der Waals surface area contributed by atoms with Gasteiger partial charge in [-0.2, -0.15) is 0 Å². The number of primary sulfonamides is 1. The maximum Gasteiger partial charge on any atom is 0.209 e. The number of aliphatic hydroxyl groups is 1. The molecule has 0 aromatic heterocycles. The van der Waals surface area contributed by atoms with Gasteiger partial charge in [0, 0.05) is 0 Å². The molecule has 0 aliphatic rings. The Morgan fingerprint density at radius 2 is 1.94 bits per heavy atom. The van der Waals surface area contributed by atoms with E-state index in [1.54, 1.807) is 0 Å². The molecule has 0 fully saturated rings. The quantitative estimate of drug-likeness (QED) is 0.734. The van der Waals surface area contributed by atoms with Crippen LogP contribution in [0.1, 0.15) is 12.0 Å². The van der Waals surface area contributed by atoms with Gasteiger partial charge in [-0.15, -0.1) is 0 Å². The molecule has 0 amide bonds. The largest absolute Gasteiger partial charge is 0.391 e. The summed E-state index contributed by atoms with van der Waals surface area (Å²) in [4.78, 5) is 0. The molecule has 0 heterocycles. The molecular weight excluding hydrogens is 242 g/mol. The summed E-state index contributed by atoms with van der Waals surface area (Å²) in [5.74, 6) is -0.233. The Bertz CT molecular complexity index is 418. The van der Waals surface area contributed by atoms with Crippen molar-refractivity contribution in [1.82, 2.24) is 0 Å². The Kier molecular flexibility index (Phi) is 5.57. The summed E-state index contributed by atoms with van der Waals surface area (Å²) in [6.07, 6.45) is -0.717. The molecule has 1 atom stereocenters. The molecule has 0 saturated heterocycles. The predicted octanol–water partition coefficient (Wildman–Crippen LogP) is 0.243. The van der Waals surface area contributed by atoms with Crippen LogP contribution in [-0.4, -0.2) is 32.0 Å². The fraction of sp³-hybridized carbons (Fsp3) is 0.455. The number of sulfonamides is 1. The van der Waals surface area contributed by atoms with Gasteiger partial charge in [-0.05, 0) is 12.0 Å². The highest BCUT2D eigenvalue weighted by Crippen LogP contribution is 2.02. The molecule has 0 saturated carbocycles. The molecule has 0 spiro atoms. The molecule has 0 aliphatic carbocycles. The lowest BCUT2D eigenvalue weighted by atomic mass is 10.2. The first-order valence-corrected chi connectivity index (χ1v) is 6.99. The highest BCUT2D eigenvalue weighted by atomic mass is 32.2. The highest BCUT2D eigenvalue weighted by Gasteiger charge is 2.09. The van der Waals surface area contributed by atoms with Crippen molar-refractivity contribution in [3.63, 3.8) is 0 Å². The second-order valence-corrected chi connectivity index (χ2v) is 5.54. The molecule has 96 valence electrons. The van der Waals surface area contributed by atoms with Crippen LogP contribution in [0.2, 0.25) is 0 Å². The summed E-state index contributed by atoms with van der Waals surface area (Å²) in [5, 5.41) is 14.3. The minimum absolute atomic E-state index is 0.0909. The zero-order valence-corrected chi connectivity index (χ0v) is 10.3. The van der Waals surface area contributed by atoms with E-state index < -0.39 is 16.1 Å². The normalized spacial score (nSPS) is 13.5. The minimum atomic E-state index is -3.51. The minimum Gasteiger partial charge on any atom is -0.391 e. The number of hydrogen-bond donors (Lipinski definition) is 2. The average Bonchev–Trinajstić information content (AvgIpc) is 2.27. The van der Waals surface area contributed by atoms with Crippen LogP contribution in [0.5, 0.6) is 0 Å². The molecule has 3 N–H and O–H groups in total. The molecule has 5 nitrogen and oxygen atoms in total. The van der Waals surface area contributed by atoms with Crippen molar-refractivity contribution in [1.29, 1.82) is 0 Å². The molecule has 6 heteroatoms. The predicted molar refractivity (Wildman–Crippen MR) is 64.7 cm³/mol. The van der Waals surface area contributed by atoms with Crippen LogP contribution in [0.15, 0.2) is 30.3 Å². The second-order valence-electron chi connectivity index (χ2n) is 3.81. The smallest absolute Gasteiger partial charge is 0.209 e. The second kappa shape index (κ2) is 6.70. The van der Waals surface area contributed by atoms with Gasteiger partial charge in [0.1, 0.15) is 0 Å². The summed E-state index contributed by atoms with van der Waals surface area (Å²) in [7, 11) is -3.51. The van der Waals surface area contributed by atoms with E-state index >= 15 is 0 Å². The molecule has 1 aromatic rings. The van der Waals surface area contributed by atoms with Gasteiger partial charge in [-0.1, -0.05) is 30.3 Å². The third-order valence-electron chi connectivity index (χ3n) is 2.16. The van der Waals surface area contributed by atoms with Gasteiger partial charge < -0.3 is 9.84 Å². The van der Waals surface area contributed by atoms with Gasteiger partial charge in [0.15, 0.2) is 0 Å². The van der Waals surface area contributed by atoms with Crippen LogP contribution in [0, 0.1) is 0 Å². The van der Waals surface area contributed by atoms with Gasteiger partial charge in [-0.25, -0.2) is 13.6 Å². The Morgan fingerprint density at radius 3 is 2.53 bits per heavy atom. The summed E-state index contributed by atoms with van der Waals surface area (Å²) in [6.45, 7) is 0.498. The summed E-state index contributed by atoms with van der Waals surface area (Å²) in [6, 6.07) is 9.53. The first-order valence-electron chi connectivity index (χ1n) is 5.27. The number of rotatable bonds is 7. The van der Waals surface area contributed by atoms with E-state index in [0.29, 0.717) is 6.61 Å². The van der Waals surface area contributed by atoms with E-state index in [2.05, 4.69) is 0 Å². The van der Waals surface area contributed by atoms with Crippen LogP contribution in [0.4, 0.5) is 0 Å². The van der Waals surface area contributed by atoms with Crippen molar-refractivity contribution in [2.75, 3.05) is 12.4 Å². The molecule has 0 radical (unpaired) electrons. The molecular formula is C11H17NO4S. The SMILES string of the molecule is NS(=O)(=O)CC[C@@H](O)COCc1ccccc1. The lowest BCUT2D eigenvalue weighted by Gasteiger charge is -2.10. The Labute approximate surface area is 101 Å². The standard InChI is InChI=1S/C11H17NO4S/c12-17(14,15)7-6-11(13)9-16-8-10-4-2-1-3-5-10/h1-5,11,13H,6-9H2,(H2,12,14,15)/t11-/m1/s1. The average molecular weight is 259 g/mol. The van der Waals surface area contributed by atoms with E-state index in [-0.39, 0.29) is 18.8 Å². The first-order chi connectivity index (χ1) is 7.97. The van der Waals surface area contributed by atoms with Crippen LogP contribution < -0.4 is 5.14 Å². The third-order valence-corrected chi connectivity index (χ3v) is 2.96. The molecule has 1 rings (SSSR count). The van der Waals surface area contributed by atoms with E-state index in [4.69, 9.17) is 9.88 Å². The Hall–Kier alpha value is -0.950.